The Morgan fingerprint density at radius 3 is 2.56 bits per heavy atom. The summed E-state index contributed by atoms with van der Waals surface area (Å²) in [7, 11) is 0. The van der Waals surface area contributed by atoms with Gasteiger partial charge in [-0.25, -0.2) is 4.79 Å². The topological polar surface area (TPSA) is 129 Å². The third kappa shape index (κ3) is 3.28. The van der Waals surface area contributed by atoms with Gasteiger partial charge in [-0.3, -0.25) is 9.59 Å². The summed E-state index contributed by atoms with van der Waals surface area (Å²) in [5, 5.41) is 19.1. The molecule has 1 aromatic rings. The van der Waals surface area contributed by atoms with Crippen LogP contribution in [0.1, 0.15) is 16.9 Å². The van der Waals surface area contributed by atoms with Crippen molar-refractivity contribution in [1.82, 2.24) is 14.1 Å². The summed E-state index contributed by atoms with van der Waals surface area (Å²) in [5.41, 5.74) is -0.0401. The van der Waals surface area contributed by atoms with Crippen molar-refractivity contribution in [3.8, 4) is 0 Å². The van der Waals surface area contributed by atoms with Crippen molar-refractivity contribution in [3.63, 3.8) is 0 Å². The zero-order chi connectivity index (χ0) is 12.1. The fraction of sp³-hybridized carbons (Fsp3) is 0.286. The highest BCUT2D eigenvalue weighted by molar-refractivity contribution is 6.99. The molecule has 9 heteroatoms. The van der Waals surface area contributed by atoms with Crippen molar-refractivity contribution in [1.29, 1.82) is 0 Å². The van der Waals surface area contributed by atoms with Crippen LogP contribution in [0.5, 0.6) is 0 Å². The Morgan fingerprint density at radius 2 is 2.12 bits per heavy atom. The van der Waals surface area contributed by atoms with Crippen LogP contribution >= 0.6 is 11.7 Å². The second-order valence-corrected chi connectivity index (χ2v) is 3.31. The van der Waals surface area contributed by atoms with Crippen LogP contribution in [0.3, 0.4) is 0 Å². The van der Waals surface area contributed by atoms with Crippen LogP contribution in [0.4, 0.5) is 0 Å². The SMILES string of the molecule is O=C(O)CC(NC(=O)c1cnsn1)C(=O)O. The van der Waals surface area contributed by atoms with Crippen molar-refractivity contribution in [3.05, 3.63) is 11.9 Å². The molecule has 0 aliphatic rings. The van der Waals surface area contributed by atoms with Gasteiger partial charge in [0.1, 0.15) is 6.04 Å². The molecule has 1 atom stereocenters. The number of hydrogen-bond acceptors (Lipinski definition) is 6. The smallest absolute Gasteiger partial charge is 0.326 e. The Labute approximate surface area is 93.2 Å². The first-order chi connectivity index (χ1) is 7.50. The average molecular weight is 245 g/mol. The summed E-state index contributed by atoms with van der Waals surface area (Å²) in [6.45, 7) is 0. The number of carbonyl (C=O) groups is 3. The van der Waals surface area contributed by atoms with Crippen LogP contribution < -0.4 is 5.32 Å². The molecular weight excluding hydrogens is 238 g/mol. The molecule has 0 saturated carbocycles. The number of aromatic nitrogens is 2. The number of amides is 1. The molecule has 0 fully saturated rings. The van der Waals surface area contributed by atoms with Gasteiger partial charge in [-0.2, -0.15) is 8.75 Å². The highest BCUT2D eigenvalue weighted by Gasteiger charge is 2.24. The monoisotopic (exact) mass is 245 g/mol. The molecule has 0 aliphatic carbocycles. The third-order valence-corrected chi connectivity index (χ3v) is 2.05. The van der Waals surface area contributed by atoms with Crippen LogP contribution in [0, 0.1) is 0 Å². The molecule has 1 heterocycles. The second kappa shape index (κ2) is 5.16. The highest BCUT2D eigenvalue weighted by Crippen LogP contribution is 1.98. The first-order valence-corrected chi connectivity index (χ1v) is 4.76. The molecule has 0 aliphatic heterocycles. The van der Waals surface area contributed by atoms with E-state index in [0.29, 0.717) is 0 Å². The predicted octanol–water partition coefficient (Wildman–Crippen LogP) is -0.804. The number of carbonyl (C=O) groups excluding carboxylic acids is 1. The van der Waals surface area contributed by atoms with Gasteiger partial charge in [0, 0.05) is 0 Å². The van der Waals surface area contributed by atoms with Gasteiger partial charge in [-0.15, -0.1) is 0 Å². The minimum Gasteiger partial charge on any atom is -0.481 e. The molecule has 0 bridgehead atoms. The van der Waals surface area contributed by atoms with Crippen molar-refractivity contribution >= 4 is 29.6 Å². The lowest BCUT2D eigenvalue weighted by Crippen LogP contribution is -2.42. The van der Waals surface area contributed by atoms with Gasteiger partial charge in [-0.1, -0.05) is 0 Å². The van der Waals surface area contributed by atoms with Crippen LogP contribution in [0.25, 0.3) is 0 Å². The summed E-state index contributed by atoms with van der Waals surface area (Å²) >= 11 is 0.793. The molecule has 1 aromatic heterocycles. The van der Waals surface area contributed by atoms with Gasteiger partial charge in [0.25, 0.3) is 5.91 Å². The number of nitrogens with zero attached hydrogens (tertiary/aromatic N) is 2. The zero-order valence-corrected chi connectivity index (χ0v) is 8.60. The van der Waals surface area contributed by atoms with Gasteiger partial charge in [0.05, 0.1) is 24.3 Å². The largest absolute Gasteiger partial charge is 0.481 e. The number of nitrogens with one attached hydrogen (secondary N) is 1. The first kappa shape index (κ1) is 12.0. The van der Waals surface area contributed by atoms with E-state index in [4.69, 9.17) is 10.2 Å². The lowest BCUT2D eigenvalue weighted by atomic mass is 10.2. The van der Waals surface area contributed by atoms with Crippen LogP contribution in [-0.4, -0.2) is 42.8 Å². The van der Waals surface area contributed by atoms with E-state index in [2.05, 4.69) is 8.75 Å². The van der Waals surface area contributed by atoms with E-state index >= 15 is 0 Å². The predicted molar refractivity (Wildman–Crippen MR) is 51.1 cm³/mol. The summed E-state index contributed by atoms with van der Waals surface area (Å²) in [5.74, 6) is -3.49. The summed E-state index contributed by atoms with van der Waals surface area (Å²) in [4.78, 5) is 32.3. The molecule has 1 amide bonds. The second-order valence-electron chi connectivity index (χ2n) is 2.75. The fourth-order valence-electron chi connectivity index (χ4n) is 0.872. The Hall–Kier alpha value is -2.03. The van der Waals surface area contributed by atoms with E-state index < -0.39 is 30.3 Å². The van der Waals surface area contributed by atoms with Crippen molar-refractivity contribution in [2.45, 2.75) is 12.5 Å². The van der Waals surface area contributed by atoms with Gasteiger partial charge in [0.15, 0.2) is 5.69 Å². The molecule has 1 unspecified atom stereocenters. The van der Waals surface area contributed by atoms with Gasteiger partial charge < -0.3 is 15.5 Å². The zero-order valence-electron chi connectivity index (χ0n) is 7.78. The van der Waals surface area contributed by atoms with E-state index in [0.717, 1.165) is 11.7 Å². The molecular formula is C7H7N3O5S. The molecule has 16 heavy (non-hydrogen) atoms. The number of hydrogen-bond donors (Lipinski definition) is 3. The molecule has 0 spiro atoms. The van der Waals surface area contributed by atoms with Crippen LogP contribution in [0.2, 0.25) is 0 Å². The Bertz CT molecular complexity index is 404. The highest BCUT2D eigenvalue weighted by atomic mass is 32.1. The normalized spacial score (nSPS) is 11.8. The summed E-state index contributed by atoms with van der Waals surface area (Å²) in [6, 6.07) is -1.48. The third-order valence-electron chi connectivity index (χ3n) is 1.58. The first-order valence-electron chi connectivity index (χ1n) is 4.03. The Kier molecular flexibility index (Phi) is 3.89. The minimum absolute atomic E-state index is 0.0401. The van der Waals surface area contributed by atoms with E-state index in [1.54, 1.807) is 0 Å². The van der Waals surface area contributed by atoms with Crippen molar-refractivity contribution in [2.75, 3.05) is 0 Å². The number of aliphatic carboxylic acids is 2. The van der Waals surface area contributed by atoms with Crippen molar-refractivity contribution < 1.29 is 24.6 Å². The number of rotatable bonds is 5. The summed E-state index contributed by atoms with van der Waals surface area (Å²) in [6.07, 6.45) is 0.471. The van der Waals surface area contributed by atoms with E-state index in [1.807, 2.05) is 5.32 Å². The standard InChI is InChI=1S/C7H7N3O5S/c11-5(12)1-3(7(14)15)9-6(13)4-2-8-16-10-4/h2-3H,1H2,(H,9,13)(H,11,12)(H,14,15). The van der Waals surface area contributed by atoms with Crippen LogP contribution in [-0.2, 0) is 9.59 Å². The maximum Gasteiger partial charge on any atom is 0.326 e. The number of carboxylic acid groups (broad SMARTS) is 2. The van der Waals surface area contributed by atoms with Gasteiger partial charge in [0.2, 0.25) is 0 Å². The van der Waals surface area contributed by atoms with Gasteiger partial charge in [-0.05, 0) is 0 Å². The Balaban J connectivity index is 2.65. The van der Waals surface area contributed by atoms with Gasteiger partial charge >= 0.3 is 11.9 Å². The maximum absolute atomic E-state index is 11.3. The lowest BCUT2D eigenvalue weighted by Gasteiger charge is -2.10. The number of carboxylic acids is 2. The van der Waals surface area contributed by atoms with E-state index in [9.17, 15) is 14.4 Å². The summed E-state index contributed by atoms with van der Waals surface area (Å²) < 4.78 is 7.15. The molecule has 0 radical (unpaired) electrons. The van der Waals surface area contributed by atoms with E-state index in [1.165, 1.54) is 6.20 Å². The molecule has 86 valence electrons. The molecule has 0 aromatic carbocycles. The molecule has 3 N–H and O–H groups in total. The lowest BCUT2D eigenvalue weighted by molar-refractivity contribution is -0.145. The molecule has 0 saturated heterocycles. The fourth-order valence-corrected chi connectivity index (χ4v) is 1.28. The van der Waals surface area contributed by atoms with Crippen LogP contribution in [0.15, 0.2) is 6.20 Å². The average Bonchev–Trinajstić information content (AvgIpc) is 2.68. The van der Waals surface area contributed by atoms with Crippen molar-refractivity contribution in [2.24, 2.45) is 0 Å². The maximum atomic E-state index is 11.3. The Morgan fingerprint density at radius 1 is 1.44 bits per heavy atom. The molecule has 1 rings (SSSR count). The molecule has 8 nitrogen and oxygen atoms in total. The minimum atomic E-state index is -1.48. The van der Waals surface area contributed by atoms with E-state index in [-0.39, 0.29) is 5.69 Å². The quantitative estimate of drug-likeness (QED) is 0.618.